The number of amides is 2. The Morgan fingerprint density at radius 3 is 2.82 bits per heavy atom. The summed E-state index contributed by atoms with van der Waals surface area (Å²) in [5.41, 5.74) is 1.92. The van der Waals surface area contributed by atoms with Crippen LogP contribution in [0.25, 0.3) is 0 Å². The highest BCUT2D eigenvalue weighted by atomic mass is 16.5. The first kappa shape index (κ1) is 16.6. The maximum Gasteiger partial charge on any atom is 0.319 e. The second-order valence-electron chi connectivity index (χ2n) is 5.63. The van der Waals surface area contributed by atoms with E-state index in [1.54, 1.807) is 7.11 Å². The molecule has 0 saturated carbocycles. The van der Waals surface area contributed by atoms with E-state index in [4.69, 9.17) is 9.47 Å². The molecule has 6 nitrogen and oxygen atoms in total. The molecule has 1 heterocycles. The van der Waals surface area contributed by atoms with E-state index in [-0.39, 0.29) is 18.2 Å². The zero-order chi connectivity index (χ0) is 15.9. The Kier molecular flexibility index (Phi) is 6.03. The number of ether oxygens (including phenoxy) is 2. The van der Waals surface area contributed by atoms with Crippen molar-refractivity contribution in [3.63, 3.8) is 0 Å². The lowest BCUT2D eigenvalue weighted by Crippen LogP contribution is -2.41. The van der Waals surface area contributed by atoms with Gasteiger partial charge in [0.25, 0.3) is 0 Å². The first-order valence-electron chi connectivity index (χ1n) is 7.61. The summed E-state index contributed by atoms with van der Waals surface area (Å²) in [4.78, 5) is 14.1. The maximum atomic E-state index is 11.8. The molecule has 0 radical (unpaired) electrons. The van der Waals surface area contributed by atoms with E-state index in [0.29, 0.717) is 6.61 Å². The van der Waals surface area contributed by atoms with E-state index in [1.807, 2.05) is 31.2 Å². The van der Waals surface area contributed by atoms with Crippen molar-refractivity contribution >= 4 is 17.4 Å². The summed E-state index contributed by atoms with van der Waals surface area (Å²) >= 11 is 0. The molecule has 6 heteroatoms. The van der Waals surface area contributed by atoms with Crippen LogP contribution in [0, 0.1) is 0 Å². The van der Waals surface area contributed by atoms with Crippen LogP contribution in [0.4, 0.5) is 16.2 Å². The highest BCUT2D eigenvalue weighted by Crippen LogP contribution is 2.20. The Morgan fingerprint density at radius 2 is 2.18 bits per heavy atom. The number of benzene rings is 1. The van der Waals surface area contributed by atoms with Gasteiger partial charge in [0.15, 0.2) is 0 Å². The first-order valence-corrected chi connectivity index (χ1v) is 7.61. The summed E-state index contributed by atoms with van der Waals surface area (Å²) in [5.74, 6) is 0. The first-order chi connectivity index (χ1) is 10.6. The molecule has 1 fully saturated rings. The molecule has 1 aromatic carbocycles. The molecular weight excluding hydrogens is 282 g/mol. The van der Waals surface area contributed by atoms with Gasteiger partial charge in [-0.2, -0.15) is 0 Å². The van der Waals surface area contributed by atoms with Crippen LogP contribution in [0.15, 0.2) is 24.3 Å². The van der Waals surface area contributed by atoms with Crippen LogP contribution in [0.3, 0.4) is 0 Å². The van der Waals surface area contributed by atoms with Crippen LogP contribution in [-0.2, 0) is 9.47 Å². The number of carbonyl (C=O) groups excluding carboxylic acids is 1. The molecule has 1 aliphatic heterocycles. The Labute approximate surface area is 131 Å². The van der Waals surface area contributed by atoms with Gasteiger partial charge in [-0.15, -0.1) is 0 Å². The SMILES string of the molecule is COCC(C)NC(=O)Nc1ccc(N2CCOC(C)C2)cc1. The number of morpholine rings is 1. The van der Waals surface area contributed by atoms with Crippen molar-refractivity contribution in [2.45, 2.75) is 26.0 Å². The Morgan fingerprint density at radius 1 is 1.45 bits per heavy atom. The van der Waals surface area contributed by atoms with Crippen LogP contribution in [0.1, 0.15) is 13.8 Å². The Hall–Kier alpha value is -1.79. The number of carbonyl (C=O) groups is 1. The summed E-state index contributed by atoms with van der Waals surface area (Å²) in [6, 6.07) is 7.61. The van der Waals surface area contributed by atoms with E-state index in [2.05, 4.69) is 22.5 Å². The molecule has 22 heavy (non-hydrogen) atoms. The monoisotopic (exact) mass is 307 g/mol. The van der Waals surface area contributed by atoms with Crippen molar-refractivity contribution in [1.82, 2.24) is 5.32 Å². The highest BCUT2D eigenvalue weighted by molar-refractivity contribution is 5.89. The third-order valence-corrected chi connectivity index (χ3v) is 3.53. The second-order valence-corrected chi connectivity index (χ2v) is 5.63. The van der Waals surface area contributed by atoms with Gasteiger partial charge in [-0.25, -0.2) is 4.79 Å². The molecule has 0 spiro atoms. The standard InChI is InChI=1S/C16H25N3O3/c1-12(11-21-3)17-16(20)18-14-4-6-15(7-5-14)19-8-9-22-13(2)10-19/h4-7,12-13H,8-11H2,1-3H3,(H2,17,18,20). The van der Waals surface area contributed by atoms with Crippen LogP contribution in [-0.4, -0.2) is 51.6 Å². The molecule has 2 amide bonds. The lowest BCUT2D eigenvalue weighted by atomic mass is 10.2. The third-order valence-electron chi connectivity index (χ3n) is 3.53. The third kappa shape index (κ3) is 4.89. The predicted molar refractivity (Wildman–Crippen MR) is 87.6 cm³/mol. The molecule has 2 N–H and O–H groups in total. The summed E-state index contributed by atoms with van der Waals surface area (Å²) in [6.45, 7) is 7.00. The van der Waals surface area contributed by atoms with E-state index in [1.165, 1.54) is 0 Å². The summed E-state index contributed by atoms with van der Waals surface area (Å²) in [5, 5.41) is 5.63. The fraction of sp³-hybridized carbons (Fsp3) is 0.562. The molecule has 1 aliphatic rings. The molecule has 1 aromatic rings. The lowest BCUT2D eigenvalue weighted by Gasteiger charge is -2.33. The average molecular weight is 307 g/mol. The molecule has 2 atom stereocenters. The number of nitrogens with zero attached hydrogens (tertiary/aromatic N) is 1. The number of urea groups is 1. The van der Waals surface area contributed by atoms with Gasteiger partial charge in [-0.05, 0) is 38.1 Å². The number of hydrogen-bond donors (Lipinski definition) is 2. The topological polar surface area (TPSA) is 62.8 Å². The van der Waals surface area contributed by atoms with Gasteiger partial charge >= 0.3 is 6.03 Å². The molecule has 1 saturated heterocycles. The van der Waals surface area contributed by atoms with Gasteiger partial charge in [0, 0.05) is 31.6 Å². The highest BCUT2D eigenvalue weighted by Gasteiger charge is 2.16. The number of hydrogen-bond acceptors (Lipinski definition) is 4. The predicted octanol–water partition coefficient (Wildman–Crippen LogP) is 2.07. The zero-order valence-electron chi connectivity index (χ0n) is 13.5. The minimum absolute atomic E-state index is 0.0286. The van der Waals surface area contributed by atoms with Crippen LogP contribution >= 0.6 is 0 Å². The molecular formula is C16H25N3O3. The van der Waals surface area contributed by atoms with Crippen molar-refractivity contribution < 1.29 is 14.3 Å². The van der Waals surface area contributed by atoms with Gasteiger partial charge in [0.2, 0.25) is 0 Å². The van der Waals surface area contributed by atoms with Crippen LogP contribution < -0.4 is 15.5 Å². The fourth-order valence-electron chi connectivity index (χ4n) is 2.49. The van der Waals surface area contributed by atoms with Gasteiger partial charge in [0.1, 0.15) is 0 Å². The molecule has 0 aromatic heterocycles. The second kappa shape index (κ2) is 8.00. The Balaban J connectivity index is 1.87. The smallest absolute Gasteiger partial charge is 0.319 e. The lowest BCUT2D eigenvalue weighted by molar-refractivity contribution is 0.0532. The van der Waals surface area contributed by atoms with Crippen molar-refractivity contribution in [3.8, 4) is 0 Å². The van der Waals surface area contributed by atoms with Crippen molar-refractivity contribution in [2.24, 2.45) is 0 Å². The summed E-state index contributed by atoms with van der Waals surface area (Å²) < 4.78 is 10.5. The number of rotatable bonds is 5. The molecule has 2 unspecified atom stereocenters. The number of methoxy groups -OCH3 is 1. The van der Waals surface area contributed by atoms with E-state index >= 15 is 0 Å². The average Bonchev–Trinajstić information content (AvgIpc) is 2.48. The summed E-state index contributed by atoms with van der Waals surface area (Å²) in [6.07, 6.45) is 0.250. The van der Waals surface area contributed by atoms with Gasteiger partial charge in [-0.3, -0.25) is 0 Å². The van der Waals surface area contributed by atoms with Crippen molar-refractivity contribution in [1.29, 1.82) is 0 Å². The van der Waals surface area contributed by atoms with Crippen molar-refractivity contribution in [2.75, 3.05) is 43.6 Å². The zero-order valence-corrected chi connectivity index (χ0v) is 13.5. The molecule has 0 aliphatic carbocycles. The van der Waals surface area contributed by atoms with Gasteiger partial charge in [-0.1, -0.05) is 0 Å². The normalized spacial score (nSPS) is 19.6. The van der Waals surface area contributed by atoms with Crippen LogP contribution in [0.5, 0.6) is 0 Å². The quantitative estimate of drug-likeness (QED) is 0.874. The van der Waals surface area contributed by atoms with E-state index < -0.39 is 0 Å². The number of anilines is 2. The maximum absolute atomic E-state index is 11.8. The molecule has 122 valence electrons. The van der Waals surface area contributed by atoms with E-state index in [9.17, 15) is 4.79 Å². The fourth-order valence-corrected chi connectivity index (χ4v) is 2.49. The minimum Gasteiger partial charge on any atom is -0.383 e. The largest absolute Gasteiger partial charge is 0.383 e. The number of nitrogens with one attached hydrogen (secondary N) is 2. The van der Waals surface area contributed by atoms with E-state index in [0.717, 1.165) is 31.1 Å². The molecule has 0 bridgehead atoms. The van der Waals surface area contributed by atoms with Gasteiger partial charge in [0.05, 0.1) is 25.4 Å². The van der Waals surface area contributed by atoms with Crippen LogP contribution in [0.2, 0.25) is 0 Å². The Bertz CT molecular complexity index is 478. The summed E-state index contributed by atoms with van der Waals surface area (Å²) in [7, 11) is 1.61. The minimum atomic E-state index is -0.225. The van der Waals surface area contributed by atoms with Gasteiger partial charge < -0.3 is 25.0 Å². The van der Waals surface area contributed by atoms with Crippen molar-refractivity contribution in [3.05, 3.63) is 24.3 Å². The molecule has 2 rings (SSSR count).